The molecule has 7 nitrogen and oxygen atoms in total. The fourth-order valence-electron chi connectivity index (χ4n) is 3.06. The Kier molecular flexibility index (Phi) is 8.32. The molecule has 1 N–H and O–H groups in total. The molecule has 1 amide bonds. The summed E-state index contributed by atoms with van der Waals surface area (Å²) in [5.74, 6) is 1.62. The molecular formula is C25H24BrNO6. The lowest BCUT2D eigenvalue weighted by Crippen LogP contribution is -2.12. The summed E-state index contributed by atoms with van der Waals surface area (Å²) in [6.45, 7) is 0. The molecule has 8 heteroatoms. The number of ether oxygens (including phenoxy) is 4. The van der Waals surface area contributed by atoms with Gasteiger partial charge in [-0.25, -0.2) is 0 Å². The second kappa shape index (κ2) is 11.4. The van der Waals surface area contributed by atoms with Crippen LogP contribution >= 0.6 is 15.9 Å². The Balaban J connectivity index is 1.55. The zero-order valence-electron chi connectivity index (χ0n) is 18.5. The van der Waals surface area contributed by atoms with E-state index in [1.165, 1.54) is 0 Å². The number of rotatable bonds is 9. The van der Waals surface area contributed by atoms with Gasteiger partial charge in [-0.05, 0) is 72.6 Å². The molecule has 0 heterocycles. The molecule has 0 saturated carbocycles. The van der Waals surface area contributed by atoms with Crippen LogP contribution in [0.25, 0.3) is 0 Å². The van der Waals surface area contributed by atoms with E-state index in [1.807, 2.05) is 6.07 Å². The zero-order chi connectivity index (χ0) is 23.8. The molecule has 0 spiro atoms. The van der Waals surface area contributed by atoms with Crippen molar-refractivity contribution in [3.05, 3.63) is 76.3 Å². The van der Waals surface area contributed by atoms with Gasteiger partial charge in [-0.15, -0.1) is 0 Å². The van der Waals surface area contributed by atoms with Crippen LogP contribution in [0.5, 0.6) is 23.0 Å². The van der Waals surface area contributed by atoms with Gasteiger partial charge in [0.05, 0.1) is 27.8 Å². The Hall–Kier alpha value is -3.52. The number of carbonyl (C=O) groups excluding carboxylic acids is 2. The largest absolute Gasteiger partial charge is 0.497 e. The third-order valence-corrected chi connectivity index (χ3v) is 5.59. The average molecular weight is 514 g/mol. The topological polar surface area (TPSA) is 83.1 Å². The van der Waals surface area contributed by atoms with Gasteiger partial charge in [-0.3, -0.25) is 9.59 Å². The first-order chi connectivity index (χ1) is 15.9. The Labute approximate surface area is 200 Å². The van der Waals surface area contributed by atoms with Crippen LogP contribution < -0.4 is 24.3 Å². The second-order valence-electron chi connectivity index (χ2n) is 6.98. The van der Waals surface area contributed by atoms with Crippen molar-refractivity contribution in [2.75, 3.05) is 26.6 Å². The Bertz CT molecular complexity index is 1110. The van der Waals surface area contributed by atoms with Crippen molar-refractivity contribution in [3.8, 4) is 23.0 Å². The highest BCUT2D eigenvalue weighted by Gasteiger charge is 2.13. The first-order valence-corrected chi connectivity index (χ1v) is 10.9. The minimum atomic E-state index is -0.382. The molecule has 0 radical (unpaired) electrons. The van der Waals surface area contributed by atoms with E-state index in [0.29, 0.717) is 40.7 Å². The van der Waals surface area contributed by atoms with Crippen LogP contribution in [0.4, 0.5) is 5.69 Å². The number of hydrogen-bond donors (Lipinski definition) is 1. The number of aryl methyl sites for hydroxylation is 1. The van der Waals surface area contributed by atoms with Gasteiger partial charge in [0.25, 0.3) is 5.91 Å². The summed E-state index contributed by atoms with van der Waals surface area (Å²) in [6, 6.07) is 17.0. The van der Waals surface area contributed by atoms with E-state index in [9.17, 15) is 9.59 Å². The monoisotopic (exact) mass is 513 g/mol. The molecule has 0 bridgehead atoms. The van der Waals surface area contributed by atoms with Crippen molar-refractivity contribution < 1.29 is 28.5 Å². The van der Waals surface area contributed by atoms with Crippen molar-refractivity contribution in [2.24, 2.45) is 0 Å². The highest BCUT2D eigenvalue weighted by molar-refractivity contribution is 9.10. The quantitative estimate of drug-likeness (QED) is 0.310. The highest BCUT2D eigenvalue weighted by Crippen LogP contribution is 2.33. The van der Waals surface area contributed by atoms with Crippen LogP contribution in [0.1, 0.15) is 22.3 Å². The number of esters is 1. The van der Waals surface area contributed by atoms with Gasteiger partial charge in [0.15, 0.2) is 11.5 Å². The van der Waals surface area contributed by atoms with Gasteiger partial charge in [0.1, 0.15) is 11.5 Å². The predicted octanol–water partition coefficient (Wildman–Crippen LogP) is 5.27. The number of amides is 1. The van der Waals surface area contributed by atoms with E-state index in [2.05, 4.69) is 21.2 Å². The molecular weight excluding hydrogens is 490 g/mol. The molecule has 0 unspecified atom stereocenters. The van der Waals surface area contributed by atoms with Crippen LogP contribution in [0.15, 0.2) is 65.1 Å². The van der Waals surface area contributed by atoms with E-state index in [4.69, 9.17) is 18.9 Å². The van der Waals surface area contributed by atoms with E-state index < -0.39 is 0 Å². The molecule has 3 aromatic rings. The van der Waals surface area contributed by atoms with Crippen molar-refractivity contribution in [2.45, 2.75) is 12.8 Å². The molecule has 0 aliphatic rings. The number of hydrogen-bond acceptors (Lipinski definition) is 6. The number of nitrogens with one attached hydrogen (secondary N) is 1. The van der Waals surface area contributed by atoms with Gasteiger partial charge in [0, 0.05) is 15.7 Å². The Morgan fingerprint density at radius 2 is 1.42 bits per heavy atom. The Morgan fingerprint density at radius 3 is 2.03 bits per heavy atom. The SMILES string of the molecule is COc1ccc(NC(=O)c2ccc(OC(=O)CCc3cc(OC)c(OC)cc3Br)cc2)cc1. The van der Waals surface area contributed by atoms with Crippen molar-refractivity contribution in [3.63, 3.8) is 0 Å². The standard InChI is InChI=1S/C25H24BrNO6/c1-30-19-11-7-18(8-12-19)27-25(29)16-4-9-20(10-5-16)33-24(28)13-6-17-14-22(31-2)23(32-3)15-21(17)26/h4-5,7-12,14-15H,6,13H2,1-3H3,(H,27,29). The van der Waals surface area contributed by atoms with Crippen LogP contribution in [0.3, 0.4) is 0 Å². The van der Waals surface area contributed by atoms with Gasteiger partial charge in [0.2, 0.25) is 0 Å². The van der Waals surface area contributed by atoms with E-state index in [1.54, 1.807) is 75.9 Å². The first-order valence-electron chi connectivity index (χ1n) is 10.1. The summed E-state index contributed by atoms with van der Waals surface area (Å²) in [4.78, 5) is 24.7. The lowest BCUT2D eigenvalue weighted by atomic mass is 10.1. The lowest BCUT2D eigenvalue weighted by Gasteiger charge is -2.12. The molecule has 33 heavy (non-hydrogen) atoms. The number of halogens is 1. The minimum absolute atomic E-state index is 0.174. The third-order valence-electron chi connectivity index (χ3n) is 4.85. The molecule has 3 aromatic carbocycles. The summed E-state index contributed by atoms with van der Waals surface area (Å²) < 4.78 is 21.9. The predicted molar refractivity (Wildman–Crippen MR) is 129 cm³/mol. The molecule has 0 aliphatic carbocycles. The molecule has 3 rings (SSSR count). The maximum absolute atomic E-state index is 12.4. The number of anilines is 1. The molecule has 0 aromatic heterocycles. The van der Waals surface area contributed by atoms with Crippen LogP contribution in [0.2, 0.25) is 0 Å². The fourth-order valence-corrected chi connectivity index (χ4v) is 3.58. The number of methoxy groups -OCH3 is 3. The van der Waals surface area contributed by atoms with Crippen LogP contribution in [-0.2, 0) is 11.2 Å². The first kappa shape index (κ1) is 24.1. The molecule has 0 atom stereocenters. The molecule has 172 valence electrons. The average Bonchev–Trinajstić information content (AvgIpc) is 2.83. The number of carbonyl (C=O) groups is 2. The maximum Gasteiger partial charge on any atom is 0.311 e. The van der Waals surface area contributed by atoms with Gasteiger partial charge >= 0.3 is 5.97 Å². The molecule has 0 saturated heterocycles. The zero-order valence-corrected chi connectivity index (χ0v) is 20.1. The van der Waals surface area contributed by atoms with Gasteiger partial charge in [-0.2, -0.15) is 0 Å². The number of benzene rings is 3. The van der Waals surface area contributed by atoms with Gasteiger partial charge < -0.3 is 24.3 Å². The third kappa shape index (κ3) is 6.49. The van der Waals surface area contributed by atoms with E-state index >= 15 is 0 Å². The molecule has 0 aliphatic heterocycles. The van der Waals surface area contributed by atoms with Crippen molar-refractivity contribution >= 4 is 33.5 Å². The van der Waals surface area contributed by atoms with Crippen molar-refractivity contribution in [1.29, 1.82) is 0 Å². The smallest absolute Gasteiger partial charge is 0.311 e. The van der Waals surface area contributed by atoms with Crippen LogP contribution in [0, 0.1) is 0 Å². The van der Waals surface area contributed by atoms with Crippen LogP contribution in [-0.4, -0.2) is 33.2 Å². The van der Waals surface area contributed by atoms with E-state index in [-0.39, 0.29) is 18.3 Å². The summed E-state index contributed by atoms with van der Waals surface area (Å²) in [7, 11) is 4.71. The Morgan fingerprint density at radius 1 is 0.818 bits per heavy atom. The van der Waals surface area contributed by atoms with Gasteiger partial charge in [-0.1, -0.05) is 15.9 Å². The summed E-state index contributed by atoms with van der Waals surface area (Å²) >= 11 is 3.49. The lowest BCUT2D eigenvalue weighted by molar-refractivity contribution is -0.134. The maximum atomic E-state index is 12.4. The summed E-state index contributed by atoms with van der Waals surface area (Å²) in [5, 5.41) is 2.81. The fraction of sp³-hybridized carbons (Fsp3) is 0.200. The van der Waals surface area contributed by atoms with E-state index in [0.717, 1.165) is 10.0 Å². The highest BCUT2D eigenvalue weighted by atomic mass is 79.9. The summed E-state index contributed by atoms with van der Waals surface area (Å²) in [5.41, 5.74) is 1.99. The second-order valence-corrected chi connectivity index (χ2v) is 7.83. The molecule has 0 fully saturated rings. The minimum Gasteiger partial charge on any atom is -0.497 e. The normalized spacial score (nSPS) is 10.3. The van der Waals surface area contributed by atoms with Crippen molar-refractivity contribution in [1.82, 2.24) is 0 Å². The summed E-state index contributed by atoms with van der Waals surface area (Å²) in [6.07, 6.45) is 0.635.